The number of hydrogen-bond acceptors (Lipinski definition) is 3. The van der Waals surface area contributed by atoms with Crippen molar-refractivity contribution in [2.24, 2.45) is 0 Å². The van der Waals surface area contributed by atoms with E-state index < -0.39 is 0 Å². The van der Waals surface area contributed by atoms with Crippen LogP contribution < -0.4 is 5.32 Å². The van der Waals surface area contributed by atoms with Crippen LogP contribution in [0.2, 0.25) is 0 Å². The lowest BCUT2D eigenvalue weighted by Gasteiger charge is -2.11. The van der Waals surface area contributed by atoms with Crippen molar-refractivity contribution in [3.63, 3.8) is 0 Å². The quantitative estimate of drug-likeness (QED) is 0.577. The first-order valence-corrected chi connectivity index (χ1v) is 8.97. The fourth-order valence-electron chi connectivity index (χ4n) is 3.18. The lowest BCUT2D eigenvalue weighted by Crippen LogP contribution is -2.17. The molecule has 140 valence electrons. The summed E-state index contributed by atoms with van der Waals surface area (Å²) >= 11 is 0. The molecule has 4 rings (SSSR count). The van der Waals surface area contributed by atoms with Gasteiger partial charge in [-0.2, -0.15) is 9.78 Å². The first-order valence-electron chi connectivity index (χ1n) is 8.97. The summed E-state index contributed by atoms with van der Waals surface area (Å²) in [6.07, 6.45) is 0.148. The highest BCUT2D eigenvalue weighted by Gasteiger charge is 2.14. The van der Waals surface area contributed by atoms with Gasteiger partial charge in [-0.05, 0) is 49.2 Å². The van der Waals surface area contributed by atoms with Crippen molar-refractivity contribution < 1.29 is 9.18 Å². The van der Waals surface area contributed by atoms with Crippen LogP contribution in [0.5, 0.6) is 0 Å². The standard InChI is InChI=1S/C22H19FN4O/c1-14-11-20(24-19-6-4-3-5-18(14)19)27-21(12-15(2)26-27)25-22(28)13-16-7-9-17(23)10-8-16/h3-12H,13H2,1-2H3,(H,25,28). The number of rotatable bonds is 4. The number of hydrogen-bond donors (Lipinski definition) is 1. The molecule has 0 radical (unpaired) electrons. The highest BCUT2D eigenvalue weighted by Crippen LogP contribution is 2.22. The molecule has 0 saturated heterocycles. The molecule has 0 spiro atoms. The highest BCUT2D eigenvalue weighted by molar-refractivity contribution is 5.92. The molecule has 2 heterocycles. The van der Waals surface area contributed by atoms with Crippen molar-refractivity contribution in [1.29, 1.82) is 0 Å². The molecule has 0 unspecified atom stereocenters. The predicted molar refractivity (Wildman–Crippen MR) is 107 cm³/mol. The Balaban J connectivity index is 1.64. The lowest BCUT2D eigenvalue weighted by atomic mass is 10.1. The van der Waals surface area contributed by atoms with E-state index >= 15 is 0 Å². The molecule has 1 amide bonds. The van der Waals surface area contributed by atoms with Crippen LogP contribution in [0.4, 0.5) is 10.2 Å². The number of fused-ring (bicyclic) bond motifs is 1. The van der Waals surface area contributed by atoms with Gasteiger partial charge in [0.1, 0.15) is 11.6 Å². The second-order valence-electron chi connectivity index (χ2n) is 6.75. The van der Waals surface area contributed by atoms with E-state index in [1.807, 2.05) is 44.2 Å². The smallest absolute Gasteiger partial charge is 0.229 e. The zero-order chi connectivity index (χ0) is 19.7. The van der Waals surface area contributed by atoms with Crippen molar-refractivity contribution in [2.75, 3.05) is 5.32 Å². The summed E-state index contributed by atoms with van der Waals surface area (Å²) in [6.45, 7) is 3.89. The van der Waals surface area contributed by atoms with Gasteiger partial charge in [-0.3, -0.25) is 4.79 Å². The van der Waals surface area contributed by atoms with E-state index in [-0.39, 0.29) is 18.1 Å². The molecule has 5 nitrogen and oxygen atoms in total. The Kier molecular flexibility index (Phi) is 4.61. The maximum atomic E-state index is 13.0. The van der Waals surface area contributed by atoms with Crippen LogP contribution in [0.15, 0.2) is 60.7 Å². The molecule has 4 aromatic rings. The van der Waals surface area contributed by atoms with Gasteiger partial charge in [0, 0.05) is 11.5 Å². The third-order valence-electron chi connectivity index (χ3n) is 4.50. The minimum atomic E-state index is -0.324. The molecule has 2 aromatic heterocycles. The van der Waals surface area contributed by atoms with E-state index in [1.165, 1.54) is 12.1 Å². The van der Waals surface area contributed by atoms with Crippen LogP contribution >= 0.6 is 0 Å². The van der Waals surface area contributed by atoms with Crippen molar-refractivity contribution >= 4 is 22.6 Å². The summed E-state index contributed by atoms with van der Waals surface area (Å²) in [6, 6.07) is 17.6. The van der Waals surface area contributed by atoms with Crippen LogP contribution in [0.25, 0.3) is 16.7 Å². The molecule has 2 aromatic carbocycles. The molecular weight excluding hydrogens is 355 g/mol. The van der Waals surface area contributed by atoms with Crippen LogP contribution in [-0.2, 0) is 11.2 Å². The summed E-state index contributed by atoms with van der Waals surface area (Å²) in [4.78, 5) is 17.2. The molecule has 1 N–H and O–H groups in total. The molecule has 0 bridgehead atoms. The maximum Gasteiger partial charge on any atom is 0.229 e. The largest absolute Gasteiger partial charge is 0.310 e. The number of nitrogens with one attached hydrogen (secondary N) is 1. The minimum Gasteiger partial charge on any atom is -0.310 e. The van der Waals surface area contributed by atoms with Gasteiger partial charge in [-0.25, -0.2) is 9.37 Å². The summed E-state index contributed by atoms with van der Waals surface area (Å²) in [7, 11) is 0. The van der Waals surface area contributed by atoms with Gasteiger partial charge in [-0.1, -0.05) is 30.3 Å². The monoisotopic (exact) mass is 374 g/mol. The fraction of sp³-hybridized carbons (Fsp3) is 0.136. The number of nitrogens with zero attached hydrogens (tertiary/aromatic N) is 3. The number of carbonyl (C=O) groups excluding carboxylic acids is 1. The molecule has 0 fully saturated rings. The van der Waals surface area contributed by atoms with Gasteiger partial charge in [-0.15, -0.1) is 0 Å². The van der Waals surface area contributed by atoms with E-state index in [0.717, 1.165) is 27.7 Å². The number of amides is 1. The molecule has 0 saturated carbocycles. The average Bonchev–Trinajstić information content (AvgIpc) is 3.03. The normalized spacial score (nSPS) is 11.0. The number of pyridine rings is 1. The lowest BCUT2D eigenvalue weighted by molar-refractivity contribution is -0.115. The predicted octanol–water partition coefficient (Wildman–Crippen LogP) is 4.36. The van der Waals surface area contributed by atoms with Gasteiger partial charge < -0.3 is 5.32 Å². The Bertz CT molecular complexity index is 1170. The van der Waals surface area contributed by atoms with Crippen molar-refractivity contribution in [3.8, 4) is 5.82 Å². The Morgan fingerprint density at radius 2 is 1.82 bits per heavy atom. The summed E-state index contributed by atoms with van der Waals surface area (Å²) < 4.78 is 14.7. The highest BCUT2D eigenvalue weighted by atomic mass is 19.1. The van der Waals surface area contributed by atoms with E-state index in [9.17, 15) is 9.18 Å². The molecule has 28 heavy (non-hydrogen) atoms. The Hall–Kier alpha value is -3.54. The van der Waals surface area contributed by atoms with Crippen molar-refractivity contribution in [3.05, 3.63) is 83.3 Å². The number of benzene rings is 2. The number of aromatic nitrogens is 3. The Morgan fingerprint density at radius 1 is 1.07 bits per heavy atom. The van der Waals surface area contributed by atoms with Gasteiger partial charge in [0.15, 0.2) is 5.82 Å². The van der Waals surface area contributed by atoms with Gasteiger partial charge in [0.05, 0.1) is 17.6 Å². The van der Waals surface area contributed by atoms with Crippen molar-refractivity contribution in [1.82, 2.24) is 14.8 Å². The van der Waals surface area contributed by atoms with E-state index in [1.54, 1.807) is 22.9 Å². The number of anilines is 1. The second-order valence-corrected chi connectivity index (χ2v) is 6.75. The first-order chi connectivity index (χ1) is 13.5. The Morgan fingerprint density at radius 3 is 2.61 bits per heavy atom. The summed E-state index contributed by atoms with van der Waals surface area (Å²) in [5.41, 5.74) is 3.46. The van der Waals surface area contributed by atoms with Gasteiger partial charge in [0.2, 0.25) is 5.91 Å². The zero-order valence-corrected chi connectivity index (χ0v) is 15.6. The van der Waals surface area contributed by atoms with Crippen LogP contribution in [0.3, 0.4) is 0 Å². The van der Waals surface area contributed by atoms with Crippen molar-refractivity contribution in [2.45, 2.75) is 20.3 Å². The van der Waals surface area contributed by atoms with E-state index in [4.69, 9.17) is 0 Å². The SMILES string of the molecule is Cc1cc(NC(=O)Cc2ccc(F)cc2)n(-c2cc(C)c3ccccc3n2)n1. The third-order valence-corrected chi connectivity index (χ3v) is 4.50. The molecule has 0 aliphatic carbocycles. The fourth-order valence-corrected chi connectivity index (χ4v) is 3.18. The van der Waals surface area contributed by atoms with E-state index in [0.29, 0.717) is 11.6 Å². The number of halogens is 1. The Labute approximate surface area is 161 Å². The molecule has 0 atom stereocenters. The molecular formula is C22H19FN4O. The number of carbonyl (C=O) groups is 1. The second kappa shape index (κ2) is 7.23. The topological polar surface area (TPSA) is 59.8 Å². The van der Waals surface area contributed by atoms with Crippen LogP contribution in [-0.4, -0.2) is 20.7 Å². The van der Waals surface area contributed by atoms with Gasteiger partial charge in [0.25, 0.3) is 0 Å². The molecule has 6 heteroatoms. The third kappa shape index (κ3) is 3.62. The maximum absolute atomic E-state index is 13.0. The zero-order valence-electron chi connectivity index (χ0n) is 15.6. The first kappa shape index (κ1) is 17.9. The molecule has 0 aliphatic rings. The van der Waals surface area contributed by atoms with Crippen LogP contribution in [0, 0.1) is 19.7 Å². The minimum absolute atomic E-state index is 0.148. The summed E-state index contributed by atoms with van der Waals surface area (Å²) in [5, 5.41) is 8.46. The van der Waals surface area contributed by atoms with E-state index in [2.05, 4.69) is 15.4 Å². The average molecular weight is 374 g/mol. The van der Waals surface area contributed by atoms with Gasteiger partial charge >= 0.3 is 0 Å². The summed E-state index contributed by atoms with van der Waals surface area (Å²) in [5.74, 6) is 0.661. The number of para-hydroxylation sites is 1. The van der Waals surface area contributed by atoms with Crippen LogP contribution in [0.1, 0.15) is 16.8 Å². The molecule has 0 aliphatic heterocycles. The number of aryl methyl sites for hydroxylation is 2.